The first-order valence-corrected chi connectivity index (χ1v) is 8.16. The summed E-state index contributed by atoms with van der Waals surface area (Å²) in [5, 5.41) is 12.3. The third kappa shape index (κ3) is 3.80. The van der Waals surface area contributed by atoms with Gasteiger partial charge in [0.15, 0.2) is 0 Å². The van der Waals surface area contributed by atoms with Crippen LogP contribution in [0.3, 0.4) is 0 Å². The van der Waals surface area contributed by atoms with Gasteiger partial charge in [-0.25, -0.2) is 14.8 Å². The van der Waals surface area contributed by atoms with Crippen molar-refractivity contribution in [2.75, 3.05) is 24.3 Å². The molecule has 1 heterocycles. The second kappa shape index (κ2) is 7.23. The van der Waals surface area contributed by atoms with Crippen LogP contribution < -0.4 is 10.2 Å². The molecule has 0 atom stereocenters. The number of hydrogen-bond acceptors (Lipinski definition) is 5. The molecule has 1 aromatic heterocycles. The van der Waals surface area contributed by atoms with Crippen molar-refractivity contribution in [1.29, 1.82) is 0 Å². The third-order valence-electron chi connectivity index (χ3n) is 4.07. The fourth-order valence-electron chi connectivity index (χ4n) is 2.52. The van der Waals surface area contributed by atoms with Gasteiger partial charge in [0.05, 0.1) is 11.3 Å². The molecule has 0 bridgehead atoms. The van der Waals surface area contributed by atoms with E-state index in [1.165, 1.54) is 0 Å². The van der Waals surface area contributed by atoms with Gasteiger partial charge >= 0.3 is 5.97 Å². The Labute approximate surface area is 152 Å². The van der Waals surface area contributed by atoms with E-state index in [-0.39, 0.29) is 5.56 Å². The molecule has 0 unspecified atom stereocenters. The van der Waals surface area contributed by atoms with Crippen molar-refractivity contribution < 1.29 is 9.90 Å². The minimum absolute atomic E-state index is 0.216. The molecular weight excluding hydrogens is 328 g/mol. The van der Waals surface area contributed by atoms with E-state index < -0.39 is 5.97 Å². The van der Waals surface area contributed by atoms with E-state index in [4.69, 9.17) is 5.11 Å². The Morgan fingerprint density at radius 3 is 2.46 bits per heavy atom. The highest BCUT2D eigenvalue weighted by molar-refractivity contribution is 5.89. The molecule has 2 aromatic carbocycles. The second-order valence-corrected chi connectivity index (χ2v) is 6.17. The number of nitrogens with one attached hydrogen (secondary N) is 1. The third-order valence-corrected chi connectivity index (χ3v) is 4.07. The van der Waals surface area contributed by atoms with Crippen molar-refractivity contribution in [2.24, 2.45) is 0 Å². The van der Waals surface area contributed by atoms with Gasteiger partial charge in [0.25, 0.3) is 0 Å². The minimum Gasteiger partial charge on any atom is -0.478 e. The van der Waals surface area contributed by atoms with Gasteiger partial charge in [-0.1, -0.05) is 18.2 Å². The zero-order chi connectivity index (χ0) is 18.7. The van der Waals surface area contributed by atoms with Gasteiger partial charge in [-0.2, -0.15) is 0 Å². The number of aromatic carboxylic acids is 1. The number of rotatable bonds is 5. The Kier molecular flexibility index (Phi) is 4.84. The molecule has 0 saturated heterocycles. The lowest BCUT2D eigenvalue weighted by Crippen LogP contribution is -2.08. The predicted octanol–water partition coefficient (Wildman–Crippen LogP) is 3.96. The molecule has 132 valence electrons. The summed E-state index contributed by atoms with van der Waals surface area (Å²) in [7, 11) is 3.99. The molecule has 3 aromatic rings. The van der Waals surface area contributed by atoms with Crippen LogP contribution in [0.15, 0.2) is 54.7 Å². The van der Waals surface area contributed by atoms with E-state index >= 15 is 0 Å². The maximum absolute atomic E-state index is 11.2. The Morgan fingerprint density at radius 1 is 1.08 bits per heavy atom. The van der Waals surface area contributed by atoms with Crippen LogP contribution in [0.4, 0.5) is 17.3 Å². The summed E-state index contributed by atoms with van der Waals surface area (Å²) in [6.45, 7) is 1.90. The van der Waals surface area contributed by atoms with Crippen LogP contribution >= 0.6 is 0 Å². The van der Waals surface area contributed by atoms with Gasteiger partial charge in [-0.3, -0.25) is 0 Å². The molecule has 26 heavy (non-hydrogen) atoms. The summed E-state index contributed by atoms with van der Waals surface area (Å²) in [4.78, 5) is 22.0. The highest BCUT2D eigenvalue weighted by Gasteiger charge is 2.09. The maximum Gasteiger partial charge on any atom is 0.335 e. The monoisotopic (exact) mass is 348 g/mol. The number of carbonyl (C=O) groups is 1. The van der Waals surface area contributed by atoms with Crippen molar-refractivity contribution >= 4 is 23.3 Å². The fraction of sp³-hybridized carbons (Fsp3) is 0.150. The number of benzene rings is 2. The molecule has 3 rings (SSSR count). The van der Waals surface area contributed by atoms with E-state index in [2.05, 4.69) is 15.3 Å². The van der Waals surface area contributed by atoms with Crippen LogP contribution in [0.1, 0.15) is 15.9 Å². The van der Waals surface area contributed by atoms with Crippen LogP contribution in [0, 0.1) is 6.92 Å². The van der Waals surface area contributed by atoms with Crippen LogP contribution in [0.2, 0.25) is 0 Å². The normalized spacial score (nSPS) is 10.4. The molecule has 2 N–H and O–H groups in total. The quantitative estimate of drug-likeness (QED) is 0.727. The molecule has 0 aliphatic heterocycles. The molecule has 0 fully saturated rings. The van der Waals surface area contributed by atoms with Gasteiger partial charge in [0, 0.05) is 37.2 Å². The number of aryl methyl sites for hydroxylation is 1. The topological polar surface area (TPSA) is 78.3 Å². The minimum atomic E-state index is -0.969. The van der Waals surface area contributed by atoms with Crippen molar-refractivity contribution in [1.82, 2.24) is 9.97 Å². The Balaban J connectivity index is 1.88. The van der Waals surface area contributed by atoms with Crippen molar-refractivity contribution in [3.8, 4) is 11.3 Å². The van der Waals surface area contributed by atoms with Gasteiger partial charge in [0.2, 0.25) is 5.95 Å². The molecule has 0 radical (unpaired) electrons. The first kappa shape index (κ1) is 17.4. The molecule has 6 heteroatoms. The van der Waals surface area contributed by atoms with Gasteiger partial charge in [-0.15, -0.1) is 0 Å². The molecule has 0 saturated carbocycles. The van der Waals surface area contributed by atoms with E-state index in [1.54, 1.807) is 24.4 Å². The molecule has 0 amide bonds. The van der Waals surface area contributed by atoms with E-state index in [0.717, 1.165) is 22.5 Å². The molecule has 0 spiro atoms. The average molecular weight is 348 g/mol. The summed E-state index contributed by atoms with van der Waals surface area (Å²) in [6, 6.07) is 14.9. The lowest BCUT2D eigenvalue weighted by Gasteiger charge is -2.13. The lowest BCUT2D eigenvalue weighted by molar-refractivity contribution is 0.0697. The van der Waals surface area contributed by atoms with E-state index in [0.29, 0.717) is 11.6 Å². The molecule has 0 aliphatic rings. The number of aromatic nitrogens is 2. The standard InChI is InChI=1S/C20H20N4O2/c1-13-4-5-15(19(25)26)12-18(13)23-20-21-11-10-17(22-20)14-6-8-16(9-7-14)24(2)3/h4-12H,1-3H3,(H,25,26)(H,21,22,23). The number of carboxylic acid groups (broad SMARTS) is 1. The van der Waals surface area contributed by atoms with E-state index in [9.17, 15) is 4.79 Å². The SMILES string of the molecule is Cc1ccc(C(=O)O)cc1Nc1nccc(-c2ccc(N(C)C)cc2)n1. The first-order chi connectivity index (χ1) is 12.4. The highest BCUT2D eigenvalue weighted by atomic mass is 16.4. The predicted molar refractivity (Wildman–Crippen MR) is 103 cm³/mol. The van der Waals surface area contributed by atoms with Crippen molar-refractivity contribution in [2.45, 2.75) is 6.92 Å². The number of carboxylic acids is 1. The first-order valence-electron chi connectivity index (χ1n) is 8.16. The number of anilines is 3. The molecular formula is C20H20N4O2. The summed E-state index contributed by atoms with van der Waals surface area (Å²) in [5.74, 6) is -0.548. The maximum atomic E-state index is 11.2. The van der Waals surface area contributed by atoms with Crippen LogP contribution in [0.25, 0.3) is 11.3 Å². The van der Waals surface area contributed by atoms with Crippen LogP contribution in [-0.2, 0) is 0 Å². The summed E-state index contributed by atoms with van der Waals surface area (Å²) in [5.41, 5.74) is 4.69. The lowest BCUT2D eigenvalue weighted by atomic mass is 10.1. The Bertz CT molecular complexity index is 937. The Morgan fingerprint density at radius 2 is 1.81 bits per heavy atom. The smallest absolute Gasteiger partial charge is 0.335 e. The second-order valence-electron chi connectivity index (χ2n) is 6.17. The van der Waals surface area contributed by atoms with Gasteiger partial charge in [-0.05, 0) is 42.8 Å². The summed E-state index contributed by atoms with van der Waals surface area (Å²) < 4.78 is 0. The largest absolute Gasteiger partial charge is 0.478 e. The molecule has 0 aliphatic carbocycles. The Hall–Kier alpha value is -3.41. The molecule has 6 nitrogen and oxygen atoms in total. The van der Waals surface area contributed by atoms with Crippen molar-refractivity contribution in [3.63, 3.8) is 0 Å². The van der Waals surface area contributed by atoms with Crippen LogP contribution in [0.5, 0.6) is 0 Å². The zero-order valence-electron chi connectivity index (χ0n) is 14.9. The fourth-order valence-corrected chi connectivity index (χ4v) is 2.52. The highest BCUT2D eigenvalue weighted by Crippen LogP contribution is 2.24. The van der Waals surface area contributed by atoms with Crippen molar-refractivity contribution in [3.05, 3.63) is 65.9 Å². The number of hydrogen-bond donors (Lipinski definition) is 2. The summed E-state index contributed by atoms with van der Waals surface area (Å²) >= 11 is 0. The summed E-state index contributed by atoms with van der Waals surface area (Å²) in [6.07, 6.45) is 1.68. The van der Waals surface area contributed by atoms with Gasteiger partial charge < -0.3 is 15.3 Å². The van der Waals surface area contributed by atoms with E-state index in [1.807, 2.05) is 56.3 Å². The van der Waals surface area contributed by atoms with Crippen LogP contribution in [-0.4, -0.2) is 35.1 Å². The van der Waals surface area contributed by atoms with Gasteiger partial charge in [0.1, 0.15) is 0 Å². The zero-order valence-corrected chi connectivity index (χ0v) is 14.9. The number of nitrogens with zero attached hydrogens (tertiary/aromatic N) is 3. The average Bonchev–Trinajstić information content (AvgIpc) is 2.63.